The van der Waals surface area contributed by atoms with Crippen molar-refractivity contribution in [3.05, 3.63) is 76.1 Å². The second kappa shape index (κ2) is 6.58. The summed E-state index contributed by atoms with van der Waals surface area (Å²) in [5.74, 6) is 0.101. The maximum Gasteiger partial charge on any atom is 0.202 e. The summed E-state index contributed by atoms with van der Waals surface area (Å²) in [6.45, 7) is 5.80. The highest BCUT2D eigenvalue weighted by atomic mass is 79.9. The number of sulfone groups is 1. The van der Waals surface area contributed by atoms with E-state index in [0.717, 1.165) is 10.0 Å². The molecule has 4 heteroatoms. The Morgan fingerprint density at radius 2 is 1.67 bits per heavy atom. The fourth-order valence-corrected chi connectivity index (χ4v) is 3.71. The first-order valence-electron chi connectivity index (χ1n) is 6.64. The van der Waals surface area contributed by atoms with Crippen molar-refractivity contribution in [2.75, 3.05) is 0 Å². The monoisotopic (exact) mass is 364 g/mol. The first kappa shape index (κ1) is 16.0. The predicted molar refractivity (Wildman–Crippen MR) is 89.9 cm³/mol. The van der Waals surface area contributed by atoms with Gasteiger partial charge in [-0.1, -0.05) is 59.8 Å². The zero-order valence-electron chi connectivity index (χ0n) is 11.8. The van der Waals surface area contributed by atoms with Crippen LogP contribution in [-0.2, 0) is 9.84 Å². The molecule has 0 aliphatic carbocycles. The van der Waals surface area contributed by atoms with Crippen molar-refractivity contribution in [1.82, 2.24) is 0 Å². The van der Waals surface area contributed by atoms with Crippen LogP contribution in [0.25, 0.3) is 0 Å². The Bertz CT molecular complexity index is 719. The van der Waals surface area contributed by atoms with Gasteiger partial charge in [0, 0.05) is 9.38 Å². The van der Waals surface area contributed by atoms with Crippen molar-refractivity contribution < 1.29 is 8.42 Å². The van der Waals surface area contributed by atoms with E-state index < -0.39 is 9.84 Å². The van der Waals surface area contributed by atoms with E-state index in [0.29, 0.717) is 11.3 Å². The lowest BCUT2D eigenvalue weighted by atomic mass is 9.98. The van der Waals surface area contributed by atoms with Crippen LogP contribution in [0.4, 0.5) is 0 Å². The summed E-state index contributed by atoms with van der Waals surface area (Å²) < 4.78 is 25.9. The summed E-state index contributed by atoms with van der Waals surface area (Å²) in [4.78, 5) is 0.558. The molecule has 0 aliphatic rings. The van der Waals surface area contributed by atoms with E-state index in [4.69, 9.17) is 0 Å². The Labute approximate surface area is 134 Å². The lowest BCUT2D eigenvalue weighted by Crippen LogP contribution is -2.07. The van der Waals surface area contributed by atoms with Crippen LogP contribution in [0.5, 0.6) is 0 Å². The van der Waals surface area contributed by atoms with Crippen LogP contribution in [0, 0.1) is 0 Å². The Balaban J connectivity index is 2.16. The van der Waals surface area contributed by atoms with Gasteiger partial charge in [-0.15, -0.1) is 0 Å². The molecule has 0 saturated carbocycles. The minimum absolute atomic E-state index is 0.101. The summed E-state index contributed by atoms with van der Waals surface area (Å²) in [6, 6.07) is 16.4. The van der Waals surface area contributed by atoms with Crippen molar-refractivity contribution in [1.29, 1.82) is 0 Å². The fraction of sp³-hybridized carbons (Fsp3) is 0.176. The van der Waals surface area contributed by atoms with E-state index in [1.54, 1.807) is 30.3 Å². The molecule has 0 saturated heterocycles. The molecule has 2 nitrogen and oxygen atoms in total. The summed E-state index contributed by atoms with van der Waals surface area (Å²) in [6.07, 6.45) is 0.416. The maximum absolute atomic E-state index is 12.4. The summed E-state index contributed by atoms with van der Waals surface area (Å²) in [7, 11) is -3.45. The molecule has 0 aromatic heterocycles. The van der Waals surface area contributed by atoms with E-state index in [2.05, 4.69) is 22.5 Å². The molecule has 1 atom stereocenters. The number of benzene rings is 2. The molecule has 0 radical (unpaired) electrons. The highest BCUT2D eigenvalue weighted by Crippen LogP contribution is 2.29. The first-order valence-corrected chi connectivity index (χ1v) is 8.92. The van der Waals surface area contributed by atoms with Crippen LogP contribution >= 0.6 is 15.9 Å². The molecule has 0 heterocycles. The molecule has 110 valence electrons. The van der Waals surface area contributed by atoms with Gasteiger partial charge in [0.15, 0.2) is 0 Å². The van der Waals surface area contributed by atoms with Crippen molar-refractivity contribution in [3.8, 4) is 0 Å². The van der Waals surface area contributed by atoms with Gasteiger partial charge in [0.1, 0.15) is 0 Å². The summed E-state index contributed by atoms with van der Waals surface area (Å²) in [5.41, 5.74) is 1.10. The summed E-state index contributed by atoms with van der Waals surface area (Å²) >= 11 is 3.39. The molecule has 2 aromatic rings. The molecular formula is C17H17BrO2S. The van der Waals surface area contributed by atoms with Crippen molar-refractivity contribution in [2.24, 2.45) is 0 Å². The zero-order chi connectivity index (χ0) is 15.5. The smallest absolute Gasteiger partial charge is 0.202 e. The van der Waals surface area contributed by atoms with Gasteiger partial charge in [0.25, 0.3) is 0 Å². The maximum atomic E-state index is 12.4. The van der Waals surface area contributed by atoms with Gasteiger partial charge in [0.05, 0.1) is 4.90 Å². The zero-order valence-corrected chi connectivity index (χ0v) is 14.2. The third kappa shape index (κ3) is 3.83. The molecule has 2 aromatic carbocycles. The SMILES string of the molecule is C=C(CC(C)c1ccc(Br)cc1)S(=O)(=O)c1ccccc1. The quantitative estimate of drug-likeness (QED) is 0.753. The minimum atomic E-state index is -3.45. The predicted octanol–water partition coefficient (Wildman–Crippen LogP) is 4.93. The highest BCUT2D eigenvalue weighted by Gasteiger charge is 2.20. The van der Waals surface area contributed by atoms with Gasteiger partial charge in [-0.3, -0.25) is 0 Å². The molecule has 0 amide bonds. The molecular weight excluding hydrogens is 348 g/mol. The second-order valence-electron chi connectivity index (χ2n) is 5.01. The van der Waals surface area contributed by atoms with Crippen LogP contribution in [0.2, 0.25) is 0 Å². The van der Waals surface area contributed by atoms with E-state index in [1.807, 2.05) is 31.2 Å². The lowest BCUT2D eigenvalue weighted by molar-refractivity contribution is 0.598. The van der Waals surface area contributed by atoms with E-state index in [1.165, 1.54) is 0 Å². The second-order valence-corrected chi connectivity index (χ2v) is 7.98. The molecule has 0 bridgehead atoms. The third-order valence-corrected chi connectivity index (χ3v) is 5.75. The largest absolute Gasteiger partial charge is 0.219 e. The van der Waals surface area contributed by atoms with Gasteiger partial charge >= 0.3 is 0 Å². The Morgan fingerprint density at radius 1 is 1.10 bits per heavy atom. The highest BCUT2D eigenvalue weighted by molar-refractivity contribution is 9.10. The average Bonchev–Trinajstić information content (AvgIpc) is 2.48. The van der Waals surface area contributed by atoms with Gasteiger partial charge in [-0.25, -0.2) is 8.42 Å². The number of hydrogen-bond donors (Lipinski definition) is 0. The number of hydrogen-bond acceptors (Lipinski definition) is 2. The first-order chi connectivity index (χ1) is 9.91. The number of rotatable bonds is 5. The van der Waals surface area contributed by atoms with Crippen molar-refractivity contribution >= 4 is 25.8 Å². The van der Waals surface area contributed by atoms with E-state index >= 15 is 0 Å². The molecule has 1 unspecified atom stereocenters. The Hall–Kier alpha value is -1.39. The van der Waals surface area contributed by atoms with Crippen molar-refractivity contribution in [3.63, 3.8) is 0 Å². The molecule has 0 spiro atoms. The fourth-order valence-electron chi connectivity index (χ4n) is 2.13. The summed E-state index contributed by atoms with van der Waals surface area (Å²) in [5, 5.41) is 0. The van der Waals surface area contributed by atoms with Crippen LogP contribution in [-0.4, -0.2) is 8.42 Å². The van der Waals surface area contributed by atoms with Gasteiger partial charge in [0.2, 0.25) is 9.84 Å². The van der Waals surface area contributed by atoms with E-state index in [-0.39, 0.29) is 10.8 Å². The normalized spacial score (nSPS) is 12.9. The topological polar surface area (TPSA) is 34.1 Å². The molecule has 0 N–H and O–H groups in total. The third-order valence-electron chi connectivity index (χ3n) is 3.41. The minimum Gasteiger partial charge on any atom is -0.219 e. The van der Waals surface area contributed by atoms with Crippen LogP contribution in [0.15, 0.2) is 75.4 Å². The van der Waals surface area contributed by atoms with E-state index in [9.17, 15) is 8.42 Å². The molecule has 0 aliphatic heterocycles. The number of halogens is 1. The Kier molecular flexibility index (Phi) is 5.01. The molecule has 0 fully saturated rings. The Morgan fingerprint density at radius 3 is 2.24 bits per heavy atom. The number of allylic oxidation sites excluding steroid dienone is 1. The van der Waals surface area contributed by atoms with Crippen molar-refractivity contribution in [2.45, 2.75) is 24.2 Å². The molecule has 21 heavy (non-hydrogen) atoms. The molecule has 2 rings (SSSR count). The van der Waals surface area contributed by atoms with Gasteiger partial charge < -0.3 is 0 Å². The van der Waals surface area contributed by atoms with Crippen LogP contribution < -0.4 is 0 Å². The van der Waals surface area contributed by atoms with Crippen LogP contribution in [0.3, 0.4) is 0 Å². The van der Waals surface area contributed by atoms with Gasteiger partial charge in [-0.05, 0) is 42.2 Å². The van der Waals surface area contributed by atoms with Gasteiger partial charge in [-0.2, -0.15) is 0 Å². The average molecular weight is 365 g/mol. The van der Waals surface area contributed by atoms with Crippen LogP contribution in [0.1, 0.15) is 24.8 Å². The standard InChI is InChI=1S/C17H17BrO2S/c1-13(15-8-10-16(18)11-9-15)12-14(2)21(19,20)17-6-4-3-5-7-17/h3-11,13H,2,12H2,1H3. The lowest BCUT2D eigenvalue weighted by Gasteiger charge is -2.14.